The van der Waals surface area contributed by atoms with Crippen molar-refractivity contribution in [1.82, 2.24) is 0 Å². The van der Waals surface area contributed by atoms with Crippen LogP contribution in [0.25, 0.3) is 10.8 Å². The van der Waals surface area contributed by atoms with Crippen molar-refractivity contribution in [3.05, 3.63) is 47.5 Å². The smallest absolute Gasteiger partial charge is 0.339 e. The molecular formula is C22H28O4. The standard InChI is InChI=1S/C22H28O4/c1-2-3-4-5-6-7-8-11-16-26-22(25)19-15-14-17-12-9-10-13-18(17)20(19)21(23)24/h9-10,12-15H,2-8,11,16H2,1H3,(H,23,24). The molecule has 0 unspecified atom stereocenters. The first-order valence-electron chi connectivity index (χ1n) is 9.57. The Hall–Kier alpha value is -2.36. The van der Waals surface area contributed by atoms with E-state index in [1.165, 1.54) is 32.1 Å². The Morgan fingerprint density at radius 3 is 2.23 bits per heavy atom. The molecule has 2 aromatic rings. The van der Waals surface area contributed by atoms with E-state index in [0.29, 0.717) is 12.0 Å². The van der Waals surface area contributed by atoms with Crippen molar-refractivity contribution in [3.8, 4) is 0 Å². The molecule has 4 nitrogen and oxygen atoms in total. The van der Waals surface area contributed by atoms with Crippen LogP contribution in [0.5, 0.6) is 0 Å². The molecule has 0 fully saturated rings. The van der Waals surface area contributed by atoms with Crippen LogP contribution in [-0.2, 0) is 4.74 Å². The first-order chi connectivity index (χ1) is 12.6. The second kappa shape index (κ2) is 10.6. The first kappa shape index (κ1) is 20.0. The fourth-order valence-corrected chi connectivity index (χ4v) is 3.15. The van der Waals surface area contributed by atoms with E-state index in [1.807, 2.05) is 12.1 Å². The molecule has 0 bridgehead atoms. The fourth-order valence-electron chi connectivity index (χ4n) is 3.15. The summed E-state index contributed by atoms with van der Waals surface area (Å²) in [5.41, 5.74) is 0.139. The van der Waals surface area contributed by atoms with Crippen molar-refractivity contribution in [2.75, 3.05) is 6.61 Å². The van der Waals surface area contributed by atoms with Crippen LogP contribution in [-0.4, -0.2) is 23.7 Å². The summed E-state index contributed by atoms with van der Waals surface area (Å²) in [6.45, 7) is 2.54. The molecule has 0 radical (unpaired) electrons. The Morgan fingerprint density at radius 1 is 0.885 bits per heavy atom. The lowest BCUT2D eigenvalue weighted by molar-refractivity contribution is 0.0488. The summed E-state index contributed by atoms with van der Waals surface area (Å²) in [5, 5.41) is 10.9. The van der Waals surface area contributed by atoms with E-state index >= 15 is 0 Å². The summed E-state index contributed by atoms with van der Waals surface area (Å²) in [7, 11) is 0. The minimum absolute atomic E-state index is 0.0176. The number of carbonyl (C=O) groups is 2. The van der Waals surface area contributed by atoms with Crippen LogP contribution >= 0.6 is 0 Å². The lowest BCUT2D eigenvalue weighted by atomic mass is 9.99. The molecule has 0 amide bonds. The molecule has 140 valence electrons. The van der Waals surface area contributed by atoms with Crippen LogP contribution in [0.4, 0.5) is 0 Å². The van der Waals surface area contributed by atoms with Crippen LogP contribution in [0.15, 0.2) is 36.4 Å². The van der Waals surface area contributed by atoms with Gasteiger partial charge in [0.1, 0.15) is 0 Å². The lowest BCUT2D eigenvalue weighted by Gasteiger charge is -2.10. The maximum atomic E-state index is 12.3. The first-order valence-corrected chi connectivity index (χ1v) is 9.57. The number of benzene rings is 2. The van der Waals surface area contributed by atoms with E-state index in [-0.39, 0.29) is 11.1 Å². The SMILES string of the molecule is CCCCCCCCCCOC(=O)c1ccc2ccccc2c1C(=O)O. The van der Waals surface area contributed by atoms with E-state index < -0.39 is 11.9 Å². The Kier molecular flexibility index (Phi) is 8.13. The number of esters is 1. The van der Waals surface area contributed by atoms with Gasteiger partial charge in [0.15, 0.2) is 0 Å². The normalized spacial score (nSPS) is 10.8. The van der Waals surface area contributed by atoms with E-state index in [0.717, 1.165) is 24.6 Å². The zero-order valence-electron chi connectivity index (χ0n) is 15.5. The van der Waals surface area contributed by atoms with E-state index in [4.69, 9.17) is 4.74 Å². The zero-order valence-corrected chi connectivity index (χ0v) is 15.5. The van der Waals surface area contributed by atoms with Crippen molar-refractivity contribution in [2.24, 2.45) is 0 Å². The summed E-state index contributed by atoms with van der Waals surface area (Å²) in [6, 6.07) is 10.5. The van der Waals surface area contributed by atoms with Gasteiger partial charge in [-0.2, -0.15) is 0 Å². The van der Waals surface area contributed by atoms with Gasteiger partial charge in [0.05, 0.1) is 17.7 Å². The molecule has 0 spiro atoms. The van der Waals surface area contributed by atoms with Gasteiger partial charge in [-0.05, 0) is 23.3 Å². The third-order valence-corrected chi connectivity index (χ3v) is 4.59. The van der Waals surface area contributed by atoms with Gasteiger partial charge in [0.25, 0.3) is 0 Å². The van der Waals surface area contributed by atoms with E-state index in [1.54, 1.807) is 24.3 Å². The van der Waals surface area contributed by atoms with Crippen molar-refractivity contribution < 1.29 is 19.4 Å². The number of rotatable bonds is 11. The monoisotopic (exact) mass is 356 g/mol. The maximum Gasteiger partial charge on any atom is 0.339 e. The number of fused-ring (bicyclic) bond motifs is 1. The Morgan fingerprint density at radius 2 is 1.54 bits per heavy atom. The Labute approximate surface area is 155 Å². The molecule has 0 heterocycles. The average molecular weight is 356 g/mol. The summed E-state index contributed by atoms with van der Waals surface area (Å²) in [5.74, 6) is -1.67. The second-order valence-corrected chi connectivity index (χ2v) is 6.63. The Bertz CT molecular complexity index is 736. The van der Waals surface area contributed by atoms with Gasteiger partial charge in [-0.1, -0.05) is 82.2 Å². The minimum Gasteiger partial charge on any atom is -0.478 e. The predicted molar refractivity (Wildman–Crippen MR) is 104 cm³/mol. The number of hydrogen-bond acceptors (Lipinski definition) is 3. The lowest BCUT2D eigenvalue weighted by Crippen LogP contribution is -2.13. The topological polar surface area (TPSA) is 63.6 Å². The molecule has 2 rings (SSSR count). The van der Waals surface area contributed by atoms with Gasteiger partial charge in [0.2, 0.25) is 0 Å². The van der Waals surface area contributed by atoms with Crippen LogP contribution in [0.3, 0.4) is 0 Å². The maximum absolute atomic E-state index is 12.3. The molecule has 0 saturated carbocycles. The largest absolute Gasteiger partial charge is 0.478 e. The molecule has 0 aromatic heterocycles. The molecule has 0 aliphatic carbocycles. The number of ether oxygens (including phenoxy) is 1. The zero-order chi connectivity index (χ0) is 18.8. The molecule has 0 saturated heterocycles. The molecule has 26 heavy (non-hydrogen) atoms. The van der Waals surface area contributed by atoms with E-state index in [9.17, 15) is 14.7 Å². The Balaban J connectivity index is 1.86. The molecule has 0 aliphatic rings. The molecule has 0 atom stereocenters. The van der Waals surface area contributed by atoms with Crippen molar-refractivity contribution in [1.29, 1.82) is 0 Å². The second-order valence-electron chi connectivity index (χ2n) is 6.63. The average Bonchev–Trinajstić information content (AvgIpc) is 2.65. The quantitative estimate of drug-likeness (QED) is 0.406. The van der Waals surface area contributed by atoms with Crippen LogP contribution in [0.2, 0.25) is 0 Å². The highest BCUT2D eigenvalue weighted by Gasteiger charge is 2.20. The van der Waals surface area contributed by atoms with Gasteiger partial charge in [-0.3, -0.25) is 0 Å². The van der Waals surface area contributed by atoms with Gasteiger partial charge in [0, 0.05) is 0 Å². The summed E-state index contributed by atoms with van der Waals surface area (Å²) in [4.78, 5) is 24.0. The number of hydrogen-bond donors (Lipinski definition) is 1. The van der Waals surface area contributed by atoms with Gasteiger partial charge >= 0.3 is 11.9 Å². The summed E-state index contributed by atoms with van der Waals surface area (Å²) >= 11 is 0. The van der Waals surface area contributed by atoms with Crippen molar-refractivity contribution in [3.63, 3.8) is 0 Å². The number of carboxylic acids is 1. The van der Waals surface area contributed by atoms with E-state index in [2.05, 4.69) is 6.92 Å². The number of carbonyl (C=O) groups excluding carboxylic acids is 1. The highest BCUT2D eigenvalue weighted by Crippen LogP contribution is 2.23. The molecule has 2 aromatic carbocycles. The predicted octanol–water partition coefficient (Wildman–Crippen LogP) is 5.84. The molecule has 0 aliphatic heterocycles. The van der Waals surface area contributed by atoms with Crippen molar-refractivity contribution >= 4 is 22.7 Å². The highest BCUT2D eigenvalue weighted by molar-refractivity contribution is 6.12. The number of carboxylic acid groups (broad SMARTS) is 1. The van der Waals surface area contributed by atoms with Gasteiger partial charge in [-0.25, -0.2) is 9.59 Å². The van der Waals surface area contributed by atoms with Gasteiger partial charge < -0.3 is 9.84 Å². The third kappa shape index (κ3) is 5.58. The highest BCUT2D eigenvalue weighted by atomic mass is 16.5. The van der Waals surface area contributed by atoms with Gasteiger partial charge in [-0.15, -0.1) is 0 Å². The molecule has 4 heteroatoms. The molecule has 1 N–H and O–H groups in total. The fraction of sp³-hybridized carbons (Fsp3) is 0.455. The van der Waals surface area contributed by atoms with Crippen molar-refractivity contribution in [2.45, 2.75) is 58.3 Å². The van der Waals surface area contributed by atoms with Crippen LogP contribution in [0, 0.1) is 0 Å². The minimum atomic E-state index is -1.11. The third-order valence-electron chi connectivity index (χ3n) is 4.59. The number of aromatic carboxylic acids is 1. The number of unbranched alkanes of at least 4 members (excludes halogenated alkanes) is 7. The van der Waals surface area contributed by atoms with Crippen LogP contribution in [0.1, 0.15) is 79.0 Å². The summed E-state index contributed by atoms with van der Waals surface area (Å²) < 4.78 is 5.31. The van der Waals surface area contributed by atoms with Crippen LogP contribution < -0.4 is 0 Å². The molecular weight excluding hydrogens is 328 g/mol. The summed E-state index contributed by atoms with van der Waals surface area (Å²) in [6.07, 6.45) is 9.34.